The molecule has 7 heteroatoms. The number of nitrogens with two attached hydrogens (primary N) is 1. The molecule has 3 amide bonds. The van der Waals surface area contributed by atoms with Crippen LogP contribution in [0, 0.1) is 5.92 Å². The number of anilines is 1. The number of carbonyl (C=O) groups is 3. The number of hydrogen-bond donors (Lipinski definition) is 2. The Morgan fingerprint density at radius 3 is 2.52 bits per heavy atom. The summed E-state index contributed by atoms with van der Waals surface area (Å²) in [4.78, 5) is 36.1. The number of esters is 1. The maximum Gasteiger partial charge on any atom is 0.316 e. The van der Waals surface area contributed by atoms with Gasteiger partial charge in [-0.05, 0) is 30.7 Å². The van der Waals surface area contributed by atoms with E-state index in [9.17, 15) is 14.4 Å². The van der Waals surface area contributed by atoms with Gasteiger partial charge in [-0.15, -0.1) is 0 Å². The topological polar surface area (TPSA) is 102 Å². The number of hydrogen-bond acceptors (Lipinski definition) is 4. The monoisotopic (exact) mass is 291 g/mol. The number of benzene rings is 1. The fourth-order valence-electron chi connectivity index (χ4n) is 2.32. The normalized spacial score (nSPS) is 17.4. The van der Waals surface area contributed by atoms with Crippen molar-refractivity contribution >= 4 is 23.6 Å². The molecule has 1 aromatic rings. The zero-order valence-corrected chi connectivity index (χ0v) is 11.7. The maximum absolute atomic E-state index is 12.3. The largest absolute Gasteiger partial charge is 0.469 e. The van der Waals surface area contributed by atoms with Gasteiger partial charge in [0.2, 0.25) is 0 Å². The van der Waals surface area contributed by atoms with Crippen molar-refractivity contribution in [2.24, 2.45) is 11.7 Å². The van der Waals surface area contributed by atoms with Gasteiger partial charge in [0.15, 0.2) is 0 Å². The van der Waals surface area contributed by atoms with E-state index in [1.54, 1.807) is 29.2 Å². The van der Waals surface area contributed by atoms with Crippen LogP contribution < -0.4 is 11.1 Å². The zero-order valence-electron chi connectivity index (χ0n) is 11.7. The molecule has 0 bridgehead atoms. The second-order valence-electron chi connectivity index (χ2n) is 4.83. The summed E-state index contributed by atoms with van der Waals surface area (Å²) in [6.45, 7) is 0.896. The number of primary amides is 1. The molecule has 7 nitrogen and oxygen atoms in total. The highest BCUT2D eigenvalue weighted by Crippen LogP contribution is 2.20. The van der Waals surface area contributed by atoms with Gasteiger partial charge in [-0.1, -0.05) is 0 Å². The Labute approximate surface area is 122 Å². The fourth-order valence-corrected chi connectivity index (χ4v) is 2.32. The van der Waals surface area contributed by atoms with Crippen LogP contribution in [0.1, 0.15) is 16.8 Å². The molecular formula is C14H17N3O4. The lowest BCUT2D eigenvalue weighted by atomic mass is 10.1. The molecule has 1 aromatic carbocycles. The minimum Gasteiger partial charge on any atom is -0.469 e. The van der Waals surface area contributed by atoms with Crippen LogP contribution in [0.2, 0.25) is 0 Å². The number of methoxy groups -OCH3 is 1. The van der Waals surface area contributed by atoms with E-state index in [1.165, 1.54) is 7.11 Å². The molecule has 0 saturated carbocycles. The van der Waals surface area contributed by atoms with Gasteiger partial charge in [-0.2, -0.15) is 0 Å². The van der Waals surface area contributed by atoms with E-state index in [0.717, 1.165) is 0 Å². The first-order chi connectivity index (χ1) is 10.0. The molecule has 0 radical (unpaired) electrons. The molecule has 112 valence electrons. The quantitative estimate of drug-likeness (QED) is 0.804. The molecule has 1 heterocycles. The first-order valence-electron chi connectivity index (χ1n) is 6.55. The Balaban J connectivity index is 2.00. The van der Waals surface area contributed by atoms with Crippen molar-refractivity contribution in [3.63, 3.8) is 0 Å². The van der Waals surface area contributed by atoms with E-state index < -0.39 is 6.03 Å². The molecule has 1 aliphatic rings. The van der Waals surface area contributed by atoms with Crippen LogP contribution in [0.5, 0.6) is 0 Å². The highest BCUT2D eigenvalue weighted by molar-refractivity contribution is 5.96. The van der Waals surface area contributed by atoms with Gasteiger partial charge >= 0.3 is 12.0 Å². The van der Waals surface area contributed by atoms with Crippen LogP contribution in [0.15, 0.2) is 24.3 Å². The Hall–Kier alpha value is -2.57. The van der Waals surface area contributed by atoms with Crippen molar-refractivity contribution in [2.45, 2.75) is 6.42 Å². The molecule has 1 atom stereocenters. The number of carbonyl (C=O) groups excluding carboxylic acids is 3. The average molecular weight is 291 g/mol. The lowest BCUT2D eigenvalue weighted by molar-refractivity contribution is -0.144. The Morgan fingerprint density at radius 2 is 1.95 bits per heavy atom. The van der Waals surface area contributed by atoms with E-state index in [0.29, 0.717) is 30.8 Å². The third-order valence-electron chi connectivity index (χ3n) is 3.41. The summed E-state index contributed by atoms with van der Waals surface area (Å²) in [5, 5.41) is 2.42. The molecule has 1 fully saturated rings. The van der Waals surface area contributed by atoms with Gasteiger partial charge in [0, 0.05) is 24.3 Å². The third-order valence-corrected chi connectivity index (χ3v) is 3.41. The molecule has 0 spiro atoms. The maximum atomic E-state index is 12.3. The third kappa shape index (κ3) is 3.50. The molecule has 0 aliphatic carbocycles. The summed E-state index contributed by atoms with van der Waals surface area (Å²) in [7, 11) is 1.34. The van der Waals surface area contributed by atoms with Gasteiger partial charge in [0.05, 0.1) is 13.0 Å². The SMILES string of the molecule is COC(=O)C1CCN(C(=O)c2ccc(NC(N)=O)cc2)C1. The van der Waals surface area contributed by atoms with Crippen molar-refractivity contribution in [3.8, 4) is 0 Å². The number of rotatable bonds is 3. The Kier molecular flexibility index (Phi) is 4.42. The summed E-state index contributed by atoms with van der Waals surface area (Å²) < 4.78 is 4.69. The minimum absolute atomic E-state index is 0.146. The fraction of sp³-hybridized carbons (Fsp3) is 0.357. The van der Waals surface area contributed by atoms with E-state index in [2.05, 4.69) is 5.32 Å². The first kappa shape index (κ1) is 14.8. The van der Waals surface area contributed by atoms with Gasteiger partial charge in [-0.25, -0.2) is 4.79 Å². The lowest BCUT2D eigenvalue weighted by Crippen LogP contribution is -2.30. The van der Waals surface area contributed by atoms with Crippen LogP contribution in [0.4, 0.5) is 10.5 Å². The summed E-state index contributed by atoms with van der Waals surface area (Å²) in [6, 6.07) is 5.77. The molecule has 2 rings (SSSR count). The summed E-state index contributed by atoms with van der Waals surface area (Å²) >= 11 is 0. The van der Waals surface area contributed by atoms with Crippen LogP contribution in [-0.4, -0.2) is 43.0 Å². The van der Waals surface area contributed by atoms with Gasteiger partial charge in [-0.3, -0.25) is 9.59 Å². The molecule has 1 saturated heterocycles. The van der Waals surface area contributed by atoms with Crippen molar-refractivity contribution in [3.05, 3.63) is 29.8 Å². The standard InChI is InChI=1S/C14H17N3O4/c1-21-13(19)10-6-7-17(8-10)12(18)9-2-4-11(5-3-9)16-14(15)20/h2-5,10H,6-8H2,1H3,(H3,15,16,20). The second kappa shape index (κ2) is 6.25. The predicted octanol–water partition coefficient (Wildman–Crippen LogP) is 0.812. The number of urea groups is 1. The van der Waals surface area contributed by atoms with Gasteiger partial charge < -0.3 is 20.7 Å². The molecule has 1 aliphatic heterocycles. The van der Waals surface area contributed by atoms with Gasteiger partial charge in [0.1, 0.15) is 0 Å². The van der Waals surface area contributed by atoms with Crippen LogP contribution in [-0.2, 0) is 9.53 Å². The molecular weight excluding hydrogens is 274 g/mol. The van der Waals surface area contributed by atoms with Crippen molar-refractivity contribution < 1.29 is 19.1 Å². The van der Waals surface area contributed by atoms with Crippen molar-refractivity contribution in [2.75, 3.05) is 25.5 Å². The number of ether oxygens (including phenoxy) is 1. The highest BCUT2D eigenvalue weighted by Gasteiger charge is 2.31. The Morgan fingerprint density at radius 1 is 1.29 bits per heavy atom. The average Bonchev–Trinajstić information content (AvgIpc) is 2.95. The molecule has 21 heavy (non-hydrogen) atoms. The second-order valence-corrected chi connectivity index (χ2v) is 4.83. The summed E-state index contributed by atoms with van der Waals surface area (Å²) in [6.07, 6.45) is 0.611. The molecule has 3 N–H and O–H groups in total. The number of nitrogens with zero attached hydrogens (tertiary/aromatic N) is 1. The van der Waals surface area contributed by atoms with Crippen molar-refractivity contribution in [1.82, 2.24) is 4.90 Å². The summed E-state index contributed by atoms with van der Waals surface area (Å²) in [5.74, 6) is -0.687. The van der Waals surface area contributed by atoms with Crippen LogP contribution >= 0.6 is 0 Å². The number of nitrogens with one attached hydrogen (secondary N) is 1. The van der Waals surface area contributed by atoms with Crippen LogP contribution in [0.25, 0.3) is 0 Å². The van der Waals surface area contributed by atoms with E-state index in [-0.39, 0.29) is 17.8 Å². The summed E-state index contributed by atoms with van der Waals surface area (Å²) in [5.41, 5.74) is 6.03. The number of likely N-dealkylation sites (tertiary alicyclic amines) is 1. The zero-order chi connectivity index (χ0) is 15.4. The highest BCUT2D eigenvalue weighted by atomic mass is 16.5. The lowest BCUT2D eigenvalue weighted by Gasteiger charge is -2.16. The van der Waals surface area contributed by atoms with Crippen LogP contribution in [0.3, 0.4) is 0 Å². The van der Waals surface area contributed by atoms with E-state index in [1.807, 2.05) is 0 Å². The van der Waals surface area contributed by atoms with E-state index >= 15 is 0 Å². The minimum atomic E-state index is -0.658. The molecule has 0 aromatic heterocycles. The Bertz CT molecular complexity index is 556. The van der Waals surface area contributed by atoms with Crippen molar-refractivity contribution in [1.29, 1.82) is 0 Å². The molecule has 1 unspecified atom stereocenters. The predicted molar refractivity (Wildman–Crippen MR) is 75.7 cm³/mol. The van der Waals surface area contributed by atoms with Gasteiger partial charge in [0.25, 0.3) is 5.91 Å². The smallest absolute Gasteiger partial charge is 0.316 e. The number of amides is 3. The first-order valence-corrected chi connectivity index (χ1v) is 6.55. The van der Waals surface area contributed by atoms with E-state index in [4.69, 9.17) is 10.5 Å².